The summed E-state index contributed by atoms with van der Waals surface area (Å²) in [6.45, 7) is 2.23. The van der Waals surface area contributed by atoms with Gasteiger partial charge < -0.3 is 15.0 Å². The van der Waals surface area contributed by atoms with Crippen LogP contribution in [0.4, 0.5) is 0 Å². The van der Waals surface area contributed by atoms with Crippen LogP contribution in [0, 0.1) is 5.92 Å². The Morgan fingerprint density at radius 1 is 1.43 bits per heavy atom. The predicted molar refractivity (Wildman–Crippen MR) is 92.9 cm³/mol. The number of hydrogen-bond donors (Lipinski definition) is 2. The molecule has 1 saturated carbocycles. The summed E-state index contributed by atoms with van der Waals surface area (Å²) in [6.07, 6.45) is 4.81. The lowest BCUT2D eigenvalue weighted by molar-refractivity contribution is -0.119. The first-order valence-electron chi connectivity index (χ1n) is 8.11. The number of ether oxygens (including phenoxy) is 1. The Balaban J connectivity index is 1.56. The van der Waals surface area contributed by atoms with Gasteiger partial charge in [0.2, 0.25) is 5.91 Å². The van der Waals surface area contributed by atoms with Crippen molar-refractivity contribution >= 4 is 28.7 Å². The maximum atomic E-state index is 12.2. The molecule has 0 spiro atoms. The molecule has 5 nitrogen and oxygen atoms in total. The molecule has 6 heteroatoms. The van der Waals surface area contributed by atoms with Gasteiger partial charge in [-0.15, -0.1) is 0 Å². The summed E-state index contributed by atoms with van der Waals surface area (Å²) in [5.74, 6) is 1.85. The van der Waals surface area contributed by atoms with Crippen LogP contribution in [0.5, 0.6) is 5.75 Å². The summed E-state index contributed by atoms with van der Waals surface area (Å²) in [7, 11) is 1.64. The van der Waals surface area contributed by atoms with E-state index in [9.17, 15) is 4.79 Å². The summed E-state index contributed by atoms with van der Waals surface area (Å²) in [6, 6.07) is 6.04. The second-order valence-electron chi connectivity index (χ2n) is 6.15. The summed E-state index contributed by atoms with van der Waals surface area (Å²) in [5.41, 5.74) is 1.81. The molecule has 2 aromatic rings. The number of thioether (sulfide) groups is 1. The van der Waals surface area contributed by atoms with Crippen molar-refractivity contribution in [3.8, 4) is 5.75 Å². The number of nitrogens with one attached hydrogen (secondary N) is 2. The van der Waals surface area contributed by atoms with Crippen molar-refractivity contribution in [3.05, 3.63) is 18.2 Å². The molecule has 1 heterocycles. The first kappa shape index (κ1) is 16.2. The number of rotatable bonds is 5. The number of hydrogen-bond acceptors (Lipinski definition) is 4. The number of H-pyrrole nitrogens is 1. The highest BCUT2D eigenvalue weighted by Gasteiger charge is 2.22. The Labute approximate surface area is 140 Å². The minimum Gasteiger partial charge on any atom is -0.497 e. The normalized spacial score (nSPS) is 21.3. The molecule has 1 aromatic heterocycles. The molecule has 2 N–H and O–H groups in total. The third-order valence-electron chi connectivity index (χ3n) is 4.47. The van der Waals surface area contributed by atoms with Gasteiger partial charge in [0, 0.05) is 12.1 Å². The zero-order chi connectivity index (χ0) is 16.2. The molecule has 1 fully saturated rings. The summed E-state index contributed by atoms with van der Waals surface area (Å²) in [4.78, 5) is 19.9. The minimum atomic E-state index is 0.0896. The van der Waals surface area contributed by atoms with E-state index in [0.29, 0.717) is 17.7 Å². The fraction of sp³-hybridized carbons (Fsp3) is 0.529. The van der Waals surface area contributed by atoms with Crippen LogP contribution in [0.2, 0.25) is 0 Å². The van der Waals surface area contributed by atoms with Gasteiger partial charge in [-0.05, 0) is 30.9 Å². The Kier molecular flexibility index (Phi) is 5.10. The van der Waals surface area contributed by atoms with Gasteiger partial charge in [0.05, 0.1) is 23.9 Å². The van der Waals surface area contributed by atoms with E-state index in [1.807, 2.05) is 18.2 Å². The molecular weight excluding hydrogens is 310 g/mol. The summed E-state index contributed by atoms with van der Waals surface area (Å²) < 4.78 is 5.21. The molecule has 1 aliphatic rings. The van der Waals surface area contributed by atoms with Crippen molar-refractivity contribution < 1.29 is 9.53 Å². The van der Waals surface area contributed by atoms with Crippen molar-refractivity contribution in [1.82, 2.24) is 15.3 Å². The van der Waals surface area contributed by atoms with Crippen LogP contribution in [-0.2, 0) is 4.79 Å². The number of fused-ring (bicyclic) bond motifs is 1. The first-order chi connectivity index (χ1) is 11.2. The predicted octanol–water partition coefficient (Wildman–Crippen LogP) is 3.36. The number of methoxy groups -OCH3 is 1. The summed E-state index contributed by atoms with van der Waals surface area (Å²) >= 11 is 1.44. The van der Waals surface area contributed by atoms with Gasteiger partial charge >= 0.3 is 0 Å². The van der Waals surface area contributed by atoms with E-state index in [4.69, 9.17) is 4.74 Å². The van der Waals surface area contributed by atoms with Gasteiger partial charge in [-0.25, -0.2) is 4.98 Å². The van der Waals surface area contributed by atoms with Crippen molar-refractivity contribution in [2.24, 2.45) is 5.92 Å². The van der Waals surface area contributed by atoms with Crippen molar-refractivity contribution in [1.29, 1.82) is 0 Å². The Morgan fingerprint density at radius 2 is 2.26 bits per heavy atom. The van der Waals surface area contributed by atoms with Gasteiger partial charge in [-0.2, -0.15) is 0 Å². The highest BCUT2D eigenvalue weighted by molar-refractivity contribution is 7.99. The topological polar surface area (TPSA) is 67.0 Å². The number of nitrogens with zero attached hydrogens (tertiary/aromatic N) is 1. The highest BCUT2D eigenvalue weighted by atomic mass is 32.2. The Hall–Kier alpha value is -1.69. The number of carbonyl (C=O) groups is 1. The third kappa shape index (κ3) is 3.99. The average Bonchev–Trinajstić information content (AvgIpc) is 2.97. The van der Waals surface area contributed by atoms with Crippen LogP contribution in [0.1, 0.15) is 32.6 Å². The summed E-state index contributed by atoms with van der Waals surface area (Å²) in [5, 5.41) is 3.93. The maximum absolute atomic E-state index is 12.2. The van der Waals surface area contributed by atoms with E-state index >= 15 is 0 Å². The van der Waals surface area contributed by atoms with Crippen LogP contribution < -0.4 is 10.1 Å². The monoisotopic (exact) mass is 333 g/mol. The quantitative estimate of drug-likeness (QED) is 0.824. The number of carbonyl (C=O) groups excluding carboxylic acids is 1. The van der Waals surface area contributed by atoms with E-state index in [2.05, 4.69) is 22.2 Å². The first-order valence-corrected chi connectivity index (χ1v) is 9.10. The van der Waals surface area contributed by atoms with Crippen molar-refractivity contribution in [2.45, 2.75) is 43.8 Å². The van der Waals surface area contributed by atoms with Gasteiger partial charge in [0.25, 0.3) is 0 Å². The van der Waals surface area contributed by atoms with Gasteiger partial charge in [0.1, 0.15) is 5.75 Å². The second kappa shape index (κ2) is 7.25. The van der Waals surface area contributed by atoms with Gasteiger partial charge in [0.15, 0.2) is 5.16 Å². The van der Waals surface area contributed by atoms with Gasteiger partial charge in [-0.1, -0.05) is 31.5 Å². The van der Waals surface area contributed by atoms with Crippen LogP contribution in [0.25, 0.3) is 11.0 Å². The molecule has 23 heavy (non-hydrogen) atoms. The molecule has 0 unspecified atom stereocenters. The molecule has 0 radical (unpaired) electrons. The molecule has 1 aromatic carbocycles. The van der Waals surface area contributed by atoms with Crippen molar-refractivity contribution in [2.75, 3.05) is 12.9 Å². The second-order valence-corrected chi connectivity index (χ2v) is 7.11. The SMILES string of the molecule is COc1ccc2nc(SCC(=O)N[C@H]3CCCC[C@@H]3C)[nH]c2c1. The average molecular weight is 333 g/mol. The molecule has 0 saturated heterocycles. The molecular formula is C17H23N3O2S. The van der Waals surface area contributed by atoms with Crippen LogP contribution in [-0.4, -0.2) is 34.8 Å². The number of aromatic amines is 1. The van der Waals surface area contributed by atoms with Crippen LogP contribution in [0.15, 0.2) is 23.4 Å². The lowest BCUT2D eigenvalue weighted by atomic mass is 9.86. The number of aromatic nitrogens is 2. The smallest absolute Gasteiger partial charge is 0.230 e. The van der Waals surface area contributed by atoms with E-state index in [1.165, 1.54) is 31.0 Å². The maximum Gasteiger partial charge on any atom is 0.230 e. The highest BCUT2D eigenvalue weighted by Crippen LogP contribution is 2.25. The Morgan fingerprint density at radius 3 is 3.04 bits per heavy atom. The number of benzene rings is 1. The van der Waals surface area contributed by atoms with Gasteiger partial charge in [-0.3, -0.25) is 4.79 Å². The molecule has 0 aliphatic heterocycles. The van der Waals surface area contributed by atoms with E-state index in [-0.39, 0.29) is 5.91 Å². The number of amides is 1. The number of imidazole rings is 1. The largest absolute Gasteiger partial charge is 0.497 e. The lowest BCUT2D eigenvalue weighted by Crippen LogP contribution is -2.41. The van der Waals surface area contributed by atoms with Crippen LogP contribution >= 0.6 is 11.8 Å². The molecule has 1 aliphatic carbocycles. The molecule has 0 bridgehead atoms. The molecule has 124 valence electrons. The fourth-order valence-corrected chi connectivity index (χ4v) is 3.77. The lowest BCUT2D eigenvalue weighted by Gasteiger charge is -2.29. The molecule has 1 amide bonds. The van der Waals surface area contributed by atoms with Crippen molar-refractivity contribution in [3.63, 3.8) is 0 Å². The Bertz CT molecular complexity index is 686. The van der Waals surface area contributed by atoms with Crippen LogP contribution in [0.3, 0.4) is 0 Å². The zero-order valence-corrected chi connectivity index (χ0v) is 14.4. The fourth-order valence-electron chi connectivity index (χ4n) is 3.07. The van der Waals surface area contributed by atoms with E-state index in [0.717, 1.165) is 28.4 Å². The van der Waals surface area contributed by atoms with E-state index < -0.39 is 0 Å². The zero-order valence-electron chi connectivity index (χ0n) is 13.6. The standard InChI is InChI=1S/C17H23N3O2S/c1-11-5-3-4-6-13(11)18-16(21)10-23-17-19-14-8-7-12(22-2)9-15(14)20-17/h7-9,11,13H,3-6,10H2,1-2H3,(H,18,21)(H,19,20)/t11-,13-/m0/s1. The van der Waals surface area contributed by atoms with E-state index in [1.54, 1.807) is 7.11 Å². The minimum absolute atomic E-state index is 0.0896. The third-order valence-corrected chi connectivity index (χ3v) is 5.34. The molecule has 3 rings (SSSR count). The molecule has 2 atom stereocenters.